The third-order valence-electron chi connectivity index (χ3n) is 11.7. The molecule has 2 amide bonds. The number of unbranched alkanes of at least 4 members (excludes halogenated alkanes) is 5. The number of rotatable bonds is 23. The Kier molecular flexibility index (Phi) is 20.4. The summed E-state index contributed by atoms with van der Waals surface area (Å²) in [5.74, 6) is -5.42. The van der Waals surface area contributed by atoms with Crippen molar-refractivity contribution in [3.8, 4) is 0 Å². The summed E-state index contributed by atoms with van der Waals surface area (Å²) in [7, 11) is 1.31. The lowest BCUT2D eigenvalue weighted by Gasteiger charge is -2.51. The Hall–Kier alpha value is -4.00. The number of ether oxygens (including phenoxy) is 6. The number of aromatic nitrogens is 2. The maximum Gasteiger partial charge on any atom is 0.336 e. The van der Waals surface area contributed by atoms with Crippen LogP contribution in [-0.4, -0.2) is 210 Å². The van der Waals surface area contributed by atoms with Crippen molar-refractivity contribution in [3.63, 3.8) is 0 Å². The van der Waals surface area contributed by atoms with E-state index in [4.69, 9.17) is 23.7 Å². The Morgan fingerprint density at radius 3 is 2.08 bits per heavy atom. The van der Waals surface area contributed by atoms with Crippen LogP contribution in [0.4, 0.5) is 0 Å². The molecule has 14 N–H and O–H groups in total. The number of aliphatic carboxylic acids is 1. The lowest BCUT2D eigenvalue weighted by molar-refractivity contribution is -0.358. The molecule has 0 aromatic carbocycles. The second-order valence-electron chi connectivity index (χ2n) is 16.3. The quantitative estimate of drug-likeness (QED) is 0.0359. The monoisotopic (exact) mass is 938 g/mol. The molecule has 3 heterocycles. The molecule has 2 aliphatic heterocycles. The zero-order chi connectivity index (χ0) is 48.2. The van der Waals surface area contributed by atoms with Gasteiger partial charge in [-0.2, -0.15) is 0 Å². The van der Waals surface area contributed by atoms with Crippen LogP contribution in [0.15, 0.2) is 15.7 Å². The maximum absolute atomic E-state index is 13.4. The van der Waals surface area contributed by atoms with Crippen molar-refractivity contribution in [1.82, 2.24) is 20.6 Å². The number of aliphatic hydroxyl groups excluding tert-OH is 9. The predicted molar refractivity (Wildman–Crippen MR) is 214 cm³/mol. The summed E-state index contributed by atoms with van der Waals surface area (Å²) >= 11 is 0. The van der Waals surface area contributed by atoms with Crippen LogP contribution in [0.5, 0.6) is 0 Å². The van der Waals surface area contributed by atoms with E-state index >= 15 is 0 Å². The van der Waals surface area contributed by atoms with Gasteiger partial charge in [-0.15, -0.1) is 0 Å². The minimum atomic E-state index is -2.62. The highest BCUT2D eigenvalue weighted by atomic mass is 16.7. The minimum absolute atomic E-state index is 0.000598. The summed E-state index contributed by atoms with van der Waals surface area (Å²) in [6, 6.07) is -2.23. The summed E-state index contributed by atoms with van der Waals surface area (Å²) in [6.07, 6.45) is -19.8. The Labute approximate surface area is 370 Å². The lowest BCUT2D eigenvalue weighted by Crippen LogP contribution is -2.69. The molecule has 370 valence electrons. The van der Waals surface area contributed by atoms with Gasteiger partial charge in [-0.3, -0.25) is 24.2 Å². The SMILES string of the molecule is COC(=O)CCCCCCCCO[C@@H]1OC(CO)[C@H](OC2OC(CO)[C@@H](O)C(O[C@]3(C(=O)O)CC(O)[C@@H](NC(C)=O)C(C(O)C(O)CO)C3)C2O)C(O)C1NC(=O)c1cc(=O)[nH]c(=O)[nH]1. The molecular weight excluding hydrogens is 876 g/mol. The molecule has 4 rings (SSSR count). The van der Waals surface area contributed by atoms with Crippen LogP contribution in [-0.2, 0) is 42.8 Å². The molecular formula is C39H62N4O22. The number of carboxylic acid groups (broad SMARTS) is 1. The number of carbonyl (C=O) groups is 4. The van der Waals surface area contributed by atoms with Crippen LogP contribution >= 0.6 is 0 Å². The van der Waals surface area contributed by atoms with Gasteiger partial charge in [0.2, 0.25) is 5.91 Å². The first-order chi connectivity index (χ1) is 30.8. The van der Waals surface area contributed by atoms with Gasteiger partial charge < -0.3 is 95.1 Å². The summed E-state index contributed by atoms with van der Waals surface area (Å²) in [4.78, 5) is 77.8. The predicted octanol–water partition coefficient (Wildman–Crippen LogP) is -5.82. The van der Waals surface area contributed by atoms with Gasteiger partial charge in [0.25, 0.3) is 11.5 Å². The van der Waals surface area contributed by atoms with Crippen LogP contribution in [0, 0.1) is 5.92 Å². The van der Waals surface area contributed by atoms with Crippen molar-refractivity contribution in [1.29, 1.82) is 0 Å². The molecule has 0 radical (unpaired) electrons. The average molecular weight is 939 g/mol. The first kappa shape index (κ1) is 53.6. The highest BCUT2D eigenvalue weighted by Crippen LogP contribution is 2.42. The highest BCUT2D eigenvalue weighted by molar-refractivity contribution is 5.92. The van der Waals surface area contributed by atoms with Crippen molar-refractivity contribution in [2.75, 3.05) is 33.5 Å². The fraction of sp³-hybridized carbons (Fsp3) is 0.795. The molecule has 26 heteroatoms. The zero-order valence-corrected chi connectivity index (χ0v) is 35.8. The van der Waals surface area contributed by atoms with Crippen LogP contribution in [0.3, 0.4) is 0 Å². The van der Waals surface area contributed by atoms with Crippen molar-refractivity contribution in [3.05, 3.63) is 32.6 Å². The molecule has 0 bridgehead atoms. The van der Waals surface area contributed by atoms with Gasteiger partial charge in [-0.05, 0) is 19.3 Å². The van der Waals surface area contributed by atoms with E-state index in [1.54, 1.807) is 0 Å². The normalized spacial score (nSPS) is 33.7. The first-order valence-electron chi connectivity index (χ1n) is 21.2. The number of nitrogens with one attached hydrogen (secondary N) is 4. The Morgan fingerprint density at radius 1 is 0.831 bits per heavy atom. The number of aliphatic hydroxyl groups is 9. The summed E-state index contributed by atoms with van der Waals surface area (Å²) in [6.45, 7) is -1.84. The molecule has 1 aromatic rings. The van der Waals surface area contributed by atoms with Gasteiger partial charge in [0.15, 0.2) is 18.2 Å². The molecule has 11 unspecified atom stereocenters. The zero-order valence-electron chi connectivity index (χ0n) is 35.8. The van der Waals surface area contributed by atoms with Gasteiger partial charge >= 0.3 is 17.6 Å². The third kappa shape index (κ3) is 13.8. The number of H-pyrrole nitrogens is 2. The molecule has 1 aliphatic carbocycles. The standard InChI is InChI=1S/C39H62N4O22/c1-17(47)40-26-18(28(52)21(49)14-44)12-39(37(57)58,13-20(26)48)65-33-29(53)22(15-45)62-36(31(33)55)64-32-23(16-46)63-35(61-10-8-6-4-3-5-7-9-25(51)60-2)27(30(32)54)43-34(56)19-11-24(50)42-38(59)41-19/h11,18,20-23,26-33,35-36,44-46,48-49,52-55H,3-10,12-16H2,1-2H3,(H,40,47)(H,43,56)(H,57,58)(H2,41,42,50,59)/t18?,20?,21?,22?,23?,26-,27?,28?,29+,30?,31?,32-,33?,35+,36?,39-/m0/s1. The molecule has 26 nitrogen and oxygen atoms in total. The summed E-state index contributed by atoms with van der Waals surface area (Å²) < 4.78 is 34.0. The van der Waals surface area contributed by atoms with Crippen molar-refractivity contribution in [2.45, 2.75) is 156 Å². The molecule has 65 heavy (non-hydrogen) atoms. The van der Waals surface area contributed by atoms with Crippen LogP contribution < -0.4 is 21.9 Å². The number of esters is 1. The van der Waals surface area contributed by atoms with Gasteiger partial charge in [0.05, 0.1) is 45.2 Å². The number of carboxylic acids is 1. The number of hydrogen-bond acceptors (Lipinski definition) is 21. The van der Waals surface area contributed by atoms with E-state index in [1.165, 1.54) is 7.11 Å². The van der Waals surface area contributed by atoms with E-state index < -0.39 is 165 Å². The van der Waals surface area contributed by atoms with E-state index in [0.29, 0.717) is 25.7 Å². The maximum atomic E-state index is 13.4. The smallest absolute Gasteiger partial charge is 0.336 e. The van der Waals surface area contributed by atoms with E-state index in [1.807, 2.05) is 4.98 Å². The Morgan fingerprint density at radius 2 is 1.48 bits per heavy atom. The van der Waals surface area contributed by atoms with Crippen molar-refractivity contribution >= 4 is 23.8 Å². The molecule has 0 spiro atoms. The number of hydrogen-bond donors (Lipinski definition) is 14. The second-order valence-corrected chi connectivity index (χ2v) is 16.3. The second kappa shape index (κ2) is 24.7. The largest absolute Gasteiger partial charge is 0.479 e. The van der Waals surface area contributed by atoms with Gasteiger partial charge in [-0.25, -0.2) is 9.59 Å². The van der Waals surface area contributed by atoms with Crippen molar-refractivity contribution in [2.24, 2.45) is 5.92 Å². The number of aromatic amines is 2. The van der Waals surface area contributed by atoms with Gasteiger partial charge in [0.1, 0.15) is 60.6 Å². The summed E-state index contributed by atoms with van der Waals surface area (Å²) in [5, 5.41) is 113. The summed E-state index contributed by atoms with van der Waals surface area (Å²) in [5.41, 5.74) is -5.11. The molecule has 3 aliphatic rings. The lowest BCUT2D eigenvalue weighted by atomic mass is 9.70. The van der Waals surface area contributed by atoms with E-state index in [-0.39, 0.29) is 12.6 Å². The van der Waals surface area contributed by atoms with Crippen LogP contribution in [0.2, 0.25) is 0 Å². The average Bonchev–Trinajstić information content (AvgIpc) is 3.26. The van der Waals surface area contributed by atoms with E-state index in [2.05, 4.69) is 20.4 Å². The van der Waals surface area contributed by atoms with Gasteiger partial charge in [0, 0.05) is 38.4 Å². The number of carbonyl (C=O) groups excluding carboxylic acids is 3. The number of amides is 2. The Bertz CT molecular complexity index is 1810. The fourth-order valence-electron chi connectivity index (χ4n) is 8.28. The molecule has 16 atom stereocenters. The topological polar surface area (TPSA) is 416 Å². The van der Waals surface area contributed by atoms with Crippen molar-refractivity contribution < 1.29 is 98.7 Å². The van der Waals surface area contributed by atoms with E-state index in [9.17, 15) is 79.8 Å². The highest BCUT2D eigenvalue weighted by Gasteiger charge is 2.59. The minimum Gasteiger partial charge on any atom is -0.479 e. The van der Waals surface area contributed by atoms with Crippen LogP contribution in [0.25, 0.3) is 0 Å². The van der Waals surface area contributed by atoms with E-state index in [0.717, 1.165) is 32.3 Å². The molecule has 2 saturated heterocycles. The molecule has 3 fully saturated rings. The third-order valence-corrected chi connectivity index (χ3v) is 11.7. The van der Waals surface area contributed by atoms with Gasteiger partial charge in [-0.1, -0.05) is 25.7 Å². The van der Waals surface area contributed by atoms with Crippen LogP contribution in [0.1, 0.15) is 75.2 Å². The number of methoxy groups -OCH3 is 1. The fourth-order valence-corrected chi connectivity index (χ4v) is 8.28. The Balaban J connectivity index is 1.58. The first-order valence-corrected chi connectivity index (χ1v) is 21.2. The molecule has 1 saturated carbocycles. The molecule has 1 aromatic heterocycles.